The predicted molar refractivity (Wildman–Crippen MR) is 84.6 cm³/mol. The quantitative estimate of drug-likeness (QED) is 0.794. The summed E-state index contributed by atoms with van der Waals surface area (Å²) < 4.78 is 22.9. The van der Waals surface area contributed by atoms with Crippen molar-refractivity contribution in [2.24, 2.45) is 0 Å². The van der Waals surface area contributed by atoms with Gasteiger partial charge in [-0.15, -0.1) is 0 Å². The van der Waals surface area contributed by atoms with Crippen LogP contribution >= 0.6 is 0 Å². The Labute approximate surface area is 141 Å². The van der Waals surface area contributed by atoms with Gasteiger partial charge in [-0.25, -0.2) is 0 Å². The van der Waals surface area contributed by atoms with E-state index in [1.165, 1.54) is 0 Å². The molecule has 2 aliphatic heterocycles. The number of benzene rings is 1. The zero-order valence-electron chi connectivity index (χ0n) is 13.6. The SMILES string of the molecule is COC1C[C@@]2(OCc3ccccc3)[C@@H](O1)O[C@H](C#CCO)C[C@@H]2O. The lowest BCUT2D eigenvalue weighted by molar-refractivity contribution is -0.296. The Morgan fingerprint density at radius 2 is 2.08 bits per heavy atom. The molecule has 1 aromatic carbocycles. The van der Waals surface area contributed by atoms with Crippen molar-refractivity contribution in [3.05, 3.63) is 35.9 Å². The first kappa shape index (κ1) is 17.4. The van der Waals surface area contributed by atoms with Gasteiger partial charge in [0.15, 0.2) is 12.6 Å². The van der Waals surface area contributed by atoms with Crippen LogP contribution in [0.25, 0.3) is 0 Å². The molecular weight excluding hydrogens is 312 g/mol. The number of hydrogen-bond donors (Lipinski definition) is 2. The number of ether oxygens (including phenoxy) is 4. The minimum absolute atomic E-state index is 0.252. The summed E-state index contributed by atoms with van der Waals surface area (Å²) in [7, 11) is 1.54. The molecule has 2 heterocycles. The summed E-state index contributed by atoms with van der Waals surface area (Å²) in [6.45, 7) is 0.0857. The third-order valence-electron chi connectivity index (χ3n) is 4.40. The Hall–Kier alpha value is -1.46. The summed E-state index contributed by atoms with van der Waals surface area (Å²) in [4.78, 5) is 0. The molecule has 3 rings (SSSR count). The van der Waals surface area contributed by atoms with Crippen molar-refractivity contribution in [3.8, 4) is 11.8 Å². The summed E-state index contributed by atoms with van der Waals surface area (Å²) >= 11 is 0. The fourth-order valence-corrected chi connectivity index (χ4v) is 3.11. The zero-order chi connectivity index (χ0) is 17.0. The van der Waals surface area contributed by atoms with Gasteiger partial charge < -0.3 is 29.2 Å². The van der Waals surface area contributed by atoms with Crippen LogP contribution in [0.2, 0.25) is 0 Å². The van der Waals surface area contributed by atoms with Crippen LogP contribution in [0.3, 0.4) is 0 Å². The van der Waals surface area contributed by atoms with E-state index in [2.05, 4.69) is 11.8 Å². The van der Waals surface area contributed by atoms with E-state index >= 15 is 0 Å². The smallest absolute Gasteiger partial charge is 0.193 e. The van der Waals surface area contributed by atoms with Crippen LogP contribution in [0, 0.1) is 11.8 Å². The lowest BCUT2D eigenvalue weighted by atomic mass is 9.87. The van der Waals surface area contributed by atoms with Gasteiger partial charge in [0.1, 0.15) is 18.3 Å². The first-order valence-corrected chi connectivity index (χ1v) is 7.97. The molecule has 1 aromatic rings. The van der Waals surface area contributed by atoms with Gasteiger partial charge >= 0.3 is 0 Å². The molecule has 0 aliphatic carbocycles. The molecule has 2 fully saturated rings. The van der Waals surface area contributed by atoms with E-state index in [1.54, 1.807) is 7.11 Å². The molecule has 130 valence electrons. The number of aliphatic hydroxyl groups is 2. The Kier molecular flexibility index (Phi) is 5.51. The van der Waals surface area contributed by atoms with Crippen LogP contribution in [-0.4, -0.2) is 54.3 Å². The number of rotatable bonds is 4. The van der Waals surface area contributed by atoms with Gasteiger partial charge in [0.2, 0.25) is 0 Å². The highest BCUT2D eigenvalue weighted by atomic mass is 16.8. The van der Waals surface area contributed by atoms with E-state index < -0.39 is 30.4 Å². The van der Waals surface area contributed by atoms with Crippen molar-refractivity contribution in [1.29, 1.82) is 0 Å². The third-order valence-corrected chi connectivity index (χ3v) is 4.40. The first-order valence-electron chi connectivity index (χ1n) is 7.97. The van der Waals surface area contributed by atoms with Gasteiger partial charge in [0.05, 0.1) is 12.7 Å². The van der Waals surface area contributed by atoms with E-state index in [1.807, 2.05) is 30.3 Å². The van der Waals surface area contributed by atoms with Gasteiger partial charge in [-0.2, -0.15) is 0 Å². The Morgan fingerprint density at radius 1 is 1.29 bits per heavy atom. The minimum atomic E-state index is -0.992. The van der Waals surface area contributed by atoms with Crippen LogP contribution in [0.4, 0.5) is 0 Å². The van der Waals surface area contributed by atoms with Gasteiger partial charge in [-0.1, -0.05) is 42.2 Å². The molecule has 1 unspecified atom stereocenters. The number of methoxy groups -OCH3 is 1. The summed E-state index contributed by atoms with van der Waals surface area (Å²) in [6, 6.07) is 9.73. The standard InChI is InChI=1S/C18H22O6/c1-21-16-11-18(22-12-13-6-3-2-4-7-13)15(20)10-14(8-5-9-19)23-17(18)24-16/h2-4,6-7,14-17,19-20H,9-12H2,1H3/t14-,15+,16?,17-,18+/m1/s1. The molecule has 0 aromatic heterocycles. The summed E-state index contributed by atoms with van der Waals surface area (Å²) in [5.74, 6) is 5.34. The predicted octanol–water partition coefficient (Wildman–Crippen LogP) is 0.806. The van der Waals surface area contributed by atoms with Gasteiger partial charge in [-0.05, 0) is 5.56 Å². The highest BCUT2D eigenvalue weighted by Gasteiger charge is 2.59. The first-order chi connectivity index (χ1) is 11.7. The average Bonchev–Trinajstić information content (AvgIpc) is 2.99. The fourth-order valence-electron chi connectivity index (χ4n) is 3.11. The Balaban J connectivity index is 1.77. The van der Waals surface area contributed by atoms with Crippen LogP contribution in [0.5, 0.6) is 0 Å². The minimum Gasteiger partial charge on any atom is -0.390 e. The normalized spacial score (nSPS) is 35.1. The maximum Gasteiger partial charge on any atom is 0.193 e. The van der Waals surface area contributed by atoms with Crippen molar-refractivity contribution >= 4 is 0 Å². The van der Waals surface area contributed by atoms with E-state index in [-0.39, 0.29) is 13.0 Å². The maximum absolute atomic E-state index is 10.7. The molecule has 0 saturated carbocycles. The third kappa shape index (κ3) is 3.47. The van der Waals surface area contributed by atoms with E-state index in [0.717, 1.165) is 5.56 Å². The lowest BCUT2D eigenvalue weighted by Crippen LogP contribution is -2.58. The summed E-state index contributed by atoms with van der Waals surface area (Å²) in [5.41, 5.74) is 0.00867. The monoisotopic (exact) mass is 334 g/mol. The van der Waals surface area contributed by atoms with Crippen molar-refractivity contribution in [1.82, 2.24) is 0 Å². The molecule has 0 radical (unpaired) electrons. The van der Waals surface area contributed by atoms with Gasteiger partial charge in [-0.3, -0.25) is 0 Å². The van der Waals surface area contributed by atoms with Crippen LogP contribution in [0.1, 0.15) is 18.4 Å². The van der Waals surface area contributed by atoms with Crippen LogP contribution in [0.15, 0.2) is 30.3 Å². The van der Waals surface area contributed by atoms with Gasteiger partial charge in [0, 0.05) is 20.0 Å². The van der Waals surface area contributed by atoms with E-state index in [0.29, 0.717) is 13.0 Å². The molecule has 24 heavy (non-hydrogen) atoms. The Morgan fingerprint density at radius 3 is 2.79 bits per heavy atom. The molecule has 0 bridgehead atoms. The second kappa shape index (κ2) is 7.62. The van der Waals surface area contributed by atoms with Crippen molar-refractivity contribution in [2.75, 3.05) is 13.7 Å². The average molecular weight is 334 g/mol. The van der Waals surface area contributed by atoms with Crippen LogP contribution in [-0.2, 0) is 25.6 Å². The van der Waals surface area contributed by atoms with Gasteiger partial charge in [0.25, 0.3) is 0 Å². The molecule has 2 N–H and O–H groups in total. The lowest BCUT2D eigenvalue weighted by Gasteiger charge is -2.43. The molecular formula is C18H22O6. The van der Waals surface area contributed by atoms with Crippen LogP contribution < -0.4 is 0 Å². The number of fused-ring (bicyclic) bond motifs is 1. The van der Waals surface area contributed by atoms with Crippen molar-refractivity contribution in [2.45, 2.75) is 49.8 Å². The maximum atomic E-state index is 10.7. The largest absolute Gasteiger partial charge is 0.390 e. The number of hydrogen-bond acceptors (Lipinski definition) is 6. The number of aliphatic hydroxyl groups excluding tert-OH is 2. The molecule has 6 nitrogen and oxygen atoms in total. The highest BCUT2D eigenvalue weighted by Crippen LogP contribution is 2.43. The highest BCUT2D eigenvalue weighted by molar-refractivity contribution is 5.15. The van der Waals surface area contributed by atoms with Crippen molar-refractivity contribution in [3.63, 3.8) is 0 Å². The summed E-state index contributed by atoms with van der Waals surface area (Å²) in [6.07, 6.45) is -1.93. The molecule has 2 saturated heterocycles. The second-order valence-electron chi connectivity index (χ2n) is 5.92. The van der Waals surface area contributed by atoms with E-state index in [9.17, 15) is 5.11 Å². The molecule has 5 atom stereocenters. The van der Waals surface area contributed by atoms with Crippen molar-refractivity contribution < 1.29 is 29.2 Å². The molecule has 0 spiro atoms. The molecule has 2 aliphatic rings. The fraction of sp³-hybridized carbons (Fsp3) is 0.556. The zero-order valence-corrected chi connectivity index (χ0v) is 13.6. The molecule has 6 heteroatoms. The topological polar surface area (TPSA) is 77.4 Å². The molecule has 0 amide bonds. The summed E-state index contributed by atoms with van der Waals surface area (Å²) in [5, 5.41) is 19.5. The second-order valence-corrected chi connectivity index (χ2v) is 5.92. The van der Waals surface area contributed by atoms with E-state index in [4.69, 9.17) is 24.1 Å². The Bertz CT molecular complexity index is 595.